The van der Waals surface area contributed by atoms with Crippen LogP contribution in [0.25, 0.3) is 0 Å². The average Bonchev–Trinajstić information content (AvgIpc) is 3.54. The number of carbonyl (C=O) groups excluding carboxylic acids is 2. The largest absolute Gasteiger partial charge is 0.497 e. The molecule has 5 rings (SSSR count). The van der Waals surface area contributed by atoms with Gasteiger partial charge in [0.2, 0.25) is 5.91 Å². The van der Waals surface area contributed by atoms with Crippen LogP contribution in [-0.2, 0) is 14.3 Å². The number of carbonyl (C=O) groups is 2. The molecule has 2 heterocycles. The number of fused-ring (bicyclic) bond motifs is 3. The number of amidine groups is 1. The van der Waals surface area contributed by atoms with Gasteiger partial charge >= 0.3 is 5.97 Å². The molecule has 8 heteroatoms. The molecule has 4 aliphatic rings. The van der Waals surface area contributed by atoms with Crippen LogP contribution in [-0.4, -0.2) is 41.7 Å². The standard InChI is InChI=1S/C26H31N3O4S/c1-4-33-25(31)23-15(2)27-26-29(24(23)18-6-5-7-20(12-18)32-3)19(14-34-26)13-22(30)28-21-11-16-8-9-17(21)10-16/h5-7,12,14,16-17,21,24H,4,8-11,13H2,1-3H3,(H,28,30)/t16-,17-,21-,24-/m0/s1. The SMILES string of the molecule is CCOC(=O)C1=C(C)N=C2SC=C(CC(=O)N[C@H]3C[C@H]4CC[C@H]3C4)N2[C@H]1c1cccc(OC)c1. The molecule has 2 aliphatic heterocycles. The topological polar surface area (TPSA) is 80.2 Å². The number of allylic oxidation sites excluding steroid dienone is 1. The zero-order valence-electron chi connectivity index (χ0n) is 19.9. The highest BCUT2D eigenvalue weighted by Gasteiger charge is 2.43. The van der Waals surface area contributed by atoms with E-state index in [2.05, 4.69) is 5.32 Å². The number of ether oxygens (including phenoxy) is 2. The number of aliphatic imine (C=N–C) groups is 1. The van der Waals surface area contributed by atoms with Gasteiger partial charge < -0.3 is 19.7 Å². The molecule has 1 N–H and O–H groups in total. The van der Waals surface area contributed by atoms with E-state index in [4.69, 9.17) is 14.5 Å². The number of methoxy groups -OCH3 is 1. The summed E-state index contributed by atoms with van der Waals surface area (Å²) in [7, 11) is 1.62. The van der Waals surface area contributed by atoms with Crippen molar-refractivity contribution in [3.8, 4) is 5.75 Å². The number of hydrogen-bond donors (Lipinski definition) is 1. The van der Waals surface area contributed by atoms with E-state index in [1.165, 1.54) is 31.0 Å². The number of benzene rings is 1. The smallest absolute Gasteiger partial charge is 0.338 e. The minimum Gasteiger partial charge on any atom is -0.497 e. The lowest BCUT2D eigenvalue weighted by Gasteiger charge is -2.36. The second-order valence-electron chi connectivity index (χ2n) is 9.42. The molecule has 2 bridgehead atoms. The van der Waals surface area contributed by atoms with Gasteiger partial charge in [-0.25, -0.2) is 9.79 Å². The number of thioether (sulfide) groups is 1. The maximum Gasteiger partial charge on any atom is 0.338 e. The summed E-state index contributed by atoms with van der Waals surface area (Å²) in [5.41, 5.74) is 2.84. The van der Waals surface area contributed by atoms with Crippen molar-refractivity contribution in [1.29, 1.82) is 0 Å². The van der Waals surface area contributed by atoms with E-state index in [0.717, 1.165) is 28.8 Å². The Balaban J connectivity index is 1.43. The summed E-state index contributed by atoms with van der Waals surface area (Å²) in [6, 6.07) is 7.53. The van der Waals surface area contributed by atoms with E-state index < -0.39 is 12.0 Å². The molecule has 2 fully saturated rings. The predicted octanol–water partition coefficient (Wildman–Crippen LogP) is 4.53. The number of hydrogen-bond acceptors (Lipinski definition) is 7. The van der Waals surface area contributed by atoms with Crippen LogP contribution in [0.2, 0.25) is 0 Å². The molecule has 4 atom stereocenters. The van der Waals surface area contributed by atoms with Crippen LogP contribution in [0.15, 0.2) is 51.6 Å². The Bertz CT molecular complexity index is 1100. The van der Waals surface area contributed by atoms with Gasteiger partial charge in [0.1, 0.15) is 5.75 Å². The molecule has 1 aromatic carbocycles. The van der Waals surface area contributed by atoms with Crippen LogP contribution in [0.4, 0.5) is 0 Å². The number of amides is 1. The highest BCUT2D eigenvalue weighted by atomic mass is 32.2. The normalized spacial score (nSPS) is 27.3. The molecule has 180 valence electrons. The van der Waals surface area contributed by atoms with Gasteiger partial charge in [0, 0.05) is 11.7 Å². The third-order valence-corrected chi connectivity index (χ3v) is 8.22. The second kappa shape index (κ2) is 9.49. The van der Waals surface area contributed by atoms with Crippen LogP contribution in [0, 0.1) is 11.8 Å². The highest BCUT2D eigenvalue weighted by molar-refractivity contribution is 8.16. The van der Waals surface area contributed by atoms with Gasteiger partial charge in [-0.2, -0.15) is 0 Å². The third-order valence-electron chi connectivity index (χ3n) is 7.33. The van der Waals surface area contributed by atoms with Crippen molar-refractivity contribution in [3.63, 3.8) is 0 Å². The molecule has 2 saturated carbocycles. The summed E-state index contributed by atoms with van der Waals surface area (Å²) < 4.78 is 10.9. The molecule has 0 unspecified atom stereocenters. The van der Waals surface area contributed by atoms with Crippen LogP contribution in [0.1, 0.15) is 57.6 Å². The Morgan fingerprint density at radius 1 is 1.26 bits per heavy atom. The highest BCUT2D eigenvalue weighted by Crippen LogP contribution is 2.46. The lowest BCUT2D eigenvalue weighted by atomic mass is 9.93. The summed E-state index contributed by atoms with van der Waals surface area (Å²) in [6.07, 6.45) is 5.12. The average molecular weight is 482 g/mol. The molecule has 7 nitrogen and oxygen atoms in total. The number of nitrogens with one attached hydrogen (secondary N) is 1. The zero-order chi connectivity index (χ0) is 23.8. The van der Waals surface area contributed by atoms with Crippen LogP contribution in [0.5, 0.6) is 5.75 Å². The molecule has 1 aromatic rings. The van der Waals surface area contributed by atoms with Gasteiger partial charge in [0.25, 0.3) is 0 Å². The van der Waals surface area contributed by atoms with Crippen molar-refractivity contribution in [1.82, 2.24) is 10.2 Å². The van der Waals surface area contributed by atoms with Gasteiger partial charge in [-0.1, -0.05) is 30.3 Å². The monoisotopic (exact) mass is 481 g/mol. The molecule has 0 saturated heterocycles. The van der Waals surface area contributed by atoms with Crippen LogP contribution in [0.3, 0.4) is 0 Å². The van der Waals surface area contributed by atoms with Crippen LogP contribution >= 0.6 is 11.8 Å². The summed E-state index contributed by atoms with van der Waals surface area (Å²) in [5, 5.41) is 6.03. The molecular weight excluding hydrogens is 450 g/mol. The lowest BCUT2D eigenvalue weighted by Crippen LogP contribution is -2.41. The van der Waals surface area contributed by atoms with E-state index in [1.54, 1.807) is 14.0 Å². The number of nitrogens with zero attached hydrogens (tertiary/aromatic N) is 2. The van der Waals surface area contributed by atoms with Gasteiger partial charge in [-0.15, -0.1) is 0 Å². The quantitative estimate of drug-likeness (QED) is 0.577. The van der Waals surface area contributed by atoms with E-state index in [-0.39, 0.29) is 18.9 Å². The van der Waals surface area contributed by atoms with Crippen molar-refractivity contribution >= 4 is 28.8 Å². The summed E-state index contributed by atoms with van der Waals surface area (Å²) in [5.74, 6) is 1.74. The van der Waals surface area contributed by atoms with Crippen LogP contribution < -0.4 is 10.1 Å². The van der Waals surface area contributed by atoms with Gasteiger partial charge in [0.05, 0.1) is 37.4 Å². The minimum atomic E-state index is -0.446. The van der Waals surface area contributed by atoms with E-state index >= 15 is 0 Å². The van der Waals surface area contributed by atoms with Gasteiger partial charge in [-0.3, -0.25) is 4.79 Å². The fourth-order valence-electron chi connectivity index (χ4n) is 5.81. The molecule has 0 radical (unpaired) electrons. The van der Waals surface area contributed by atoms with Crippen molar-refractivity contribution < 1.29 is 19.1 Å². The summed E-state index contributed by atoms with van der Waals surface area (Å²) >= 11 is 1.49. The van der Waals surface area contributed by atoms with E-state index in [1.807, 2.05) is 41.5 Å². The summed E-state index contributed by atoms with van der Waals surface area (Å²) in [4.78, 5) is 32.9. The van der Waals surface area contributed by atoms with Crippen molar-refractivity contribution in [2.45, 2.75) is 58.0 Å². The molecule has 2 aliphatic carbocycles. The van der Waals surface area contributed by atoms with Crippen molar-refractivity contribution in [2.75, 3.05) is 13.7 Å². The Morgan fingerprint density at radius 2 is 2.12 bits per heavy atom. The number of rotatable bonds is 7. The molecular formula is C26H31N3O4S. The minimum absolute atomic E-state index is 0.0269. The Morgan fingerprint density at radius 3 is 2.82 bits per heavy atom. The Labute approximate surface area is 204 Å². The fraction of sp³-hybridized carbons (Fsp3) is 0.500. The zero-order valence-corrected chi connectivity index (χ0v) is 20.7. The van der Waals surface area contributed by atoms with Crippen molar-refractivity contribution in [3.05, 3.63) is 52.2 Å². The molecule has 0 spiro atoms. The van der Waals surface area contributed by atoms with Gasteiger partial charge in [-0.05, 0) is 68.0 Å². The number of esters is 1. The first-order valence-electron chi connectivity index (χ1n) is 12.0. The maximum atomic E-state index is 13.1. The predicted molar refractivity (Wildman–Crippen MR) is 132 cm³/mol. The van der Waals surface area contributed by atoms with Gasteiger partial charge in [0.15, 0.2) is 5.17 Å². The fourth-order valence-corrected chi connectivity index (χ4v) is 6.77. The van der Waals surface area contributed by atoms with E-state index in [9.17, 15) is 9.59 Å². The molecule has 0 aromatic heterocycles. The van der Waals surface area contributed by atoms with Crippen molar-refractivity contribution in [2.24, 2.45) is 16.8 Å². The molecule has 1 amide bonds. The maximum absolute atomic E-state index is 13.1. The summed E-state index contributed by atoms with van der Waals surface area (Å²) in [6.45, 7) is 3.91. The second-order valence-corrected chi connectivity index (χ2v) is 10.3. The first kappa shape index (κ1) is 23.0. The first-order chi connectivity index (χ1) is 16.5. The first-order valence-corrected chi connectivity index (χ1v) is 12.9. The third kappa shape index (κ3) is 4.24. The van der Waals surface area contributed by atoms with E-state index in [0.29, 0.717) is 29.0 Å². The lowest BCUT2D eigenvalue weighted by molar-refractivity contribution is -0.139. The Kier molecular flexibility index (Phi) is 6.42. The Hall–Kier alpha value is -2.74. The molecule has 34 heavy (non-hydrogen) atoms.